The average molecular weight is 1230 g/mol. The van der Waals surface area contributed by atoms with Gasteiger partial charge < -0.3 is 44.3 Å². The van der Waals surface area contributed by atoms with Crippen LogP contribution in [0.3, 0.4) is 0 Å². The molecular formula is C81H87NO10. The minimum atomic E-state index is -1.58. The summed E-state index contributed by atoms with van der Waals surface area (Å²) in [5, 5.41) is 51.5. The largest absolute Gasteiger partial charge is 0.378 e. The molecule has 92 heavy (non-hydrogen) atoms. The summed E-state index contributed by atoms with van der Waals surface area (Å²) >= 11 is 0. The normalized spacial score (nSPS) is 20.4. The van der Waals surface area contributed by atoms with E-state index in [0.29, 0.717) is 63.0 Å². The molecule has 4 atom stereocenters. The van der Waals surface area contributed by atoms with Crippen LogP contribution < -0.4 is 0 Å². The monoisotopic (exact) mass is 1230 g/mol. The maximum atomic E-state index is 12.9. The van der Waals surface area contributed by atoms with Gasteiger partial charge in [-0.15, -0.1) is 6.58 Å². The van der Waals surface area contributed by atoms with E-state index in [1.54, 1.807) is 11.0 Å². The number of nitrogens with zero attached hydrogens (tertiary/aromatic N) is 1. The van der Waals surface area contributed by atoms with Gasteiger partial charge in [0.1, 0.15) is 46.8 Å². The molecule has 8 aromatic rings. The summed E-state index contributed by atoms with van der Waals surface area (Å²) in [5.41, 5.74) is -0.0880. The fourth-order valence-corrected chi connectivity index (χ4v) is 14.5. The first-order valence-corrected chi connectivity index (χ1v) is 33.0. The van der Waals surface area contributed by atoms with Crippen molar-refractivity contribution >= 4 is 11.7 Å². The molecule has 2 saturated heterocycles. The Balaban J connectivity index is 0.000000153. The summed E-state index contributed by atoms with van der Waals surface area (Å²) in [6.45, 7) is 6.95. The van der Waals surface area contributed by atoms with Gasteiger partial charge in [0.15, 0.2) is 17.4 Å². The summed E-state index contributed by atoms with van der Waals surface area (Å²) in [4.78, 5) is 25.1. The minimum Gasteiger partial charge on any atom is -0.378 e. The molecule has 3 aliphatic carbocycles. The number of carbonyl (C=O) groups is 2. The van der Waals surface area contributed by atoms with Gasteiger partial charge in [-0.25, -0.2) is 0 Å². The molecule has 8 aromatic carbocycles. The summed E-state index contributed by atoms with van der Waals surface area (Å²) < 4.78 is 27.7. The van der Waals surface area contributed by atoms with E-state index in [-0.39, 0.29) is 11.7 Å². The molecule has 4 fully saturated rings. The van der Waals surface area contributed by atoms with Crippen LogP contribution in [0.5, 0.6) is 0 Å². The van der Waals surface area contributed by atoms with E-state index in [4.69, 9.17) is 18.9 Å². The van der Waals surface area contributed by atoms with Crippen LogP contribution in [0.25, 0.3) is 0 Å². The number of amides is 1. The topological polar surface area (TPSA) is 155 Å². The van der Waals surface area contributed by atoms with E-state index >= 15 is 0 Å². The van der Waals surface area contributed by atoms with Crippen LogP contribution in [0.1, 0.15) is 141 Å². The van der Waals surface area contributed by atoms with Gasteiger partial charge in [0.2, 0.25) is 5.91 Å². The van der Waals surface area contributed by atoms with Gasteiger partial charge in [-0.2, -0.15) is 0 Å². The first kappa shape index (κ1) is 65.5. The van der Waals surface area contributed by atoms with Crippen LogP contribution in [0, 0.1) is 0 Å². The highest BCUT2D eigenvalue weighted by molar-refractivity contribution is 6.02. The zero-order valence-corrected chi connectivity index (χ0v) is 52.8. The van der Waals surface area contributed by atoms with Crippen LogP contribution in [-0.4, -0.2) is 86.1 Å². The third-order valence-electron chi connectivity index (χ3n) is 19.1. The quantitative estimate of drug-likeness (QED) is 0.0648. The van der Waals surface area contributed by atoms with Gasteiger partial charge in [0.05, 0.1) is 0 Å². The van der Waals surface area contributed by atoms with Crippen molar-refractivity contribution in [1.29, 1.82) is 0 Å². The highest BCUT2D eigenvalue weighted by atomic mass is 16.8. The highest BCUT2D eigenvalue weighted by Gasteiger charge is 2.65. The van der Waals surface area contributed by atoms with E-state index in [1.165, 1.54) is 6.08 Å². The van der Waals surface area contributed by atoms with Crippen LogP contribution in [0.4, 0.5) is 0 Å². The fourth-order valence-electron chi connectivity index (χ4n) is 14.5. The summed E-state index contributed by atoms with van der Waals surface area (Å²) in [6.07, 6.45) is 11.7. The Morgan fingerprint density at radius 3 is 0.891 bits per heavy atom. The van der Waals surface area contributed by atoms with Crippen molar-refractivity contribution in [3.05, 3.63) is 311 Å². The third kappa shape index (κ3) is 13.5. The predicted molar refractivity (Wildman–Crippen MR) is 359 cm³/mol. The fraction of sp³-hybridized carbons (Fsp3) is 0.333. The Bertz CT molecular complexity index is 3090. The lowest BCUT2D eigenvalue weighted by Crippen LogP contribution is -2.54. The molecule has 0 unspecified atom stereocenters. The standard InChI is InChI=1S/2C34H34O4.C13H19NO2/c2*35-33(26-16-6-1-7-17-26,27-18-8-2-9-19-27)30-31(38-32(37-30)24-14-5-15-25-32)34(36,28-20-10-3-11-21-28)29-22-12-4-13-23-29;1-3-8-14(9-4-2)13(16)11-6-5-7-12(15)10-11/h2*1-4,6-13,16-23,30-31,35-36H,5,14-15,24-25H2;3,10H,1,4-9H2,2H3/t2*30-,31-;/m11./s1. The number of benzene rings is 8. The molecule has 0 aromatic heterocycles. The van der Waals surface area contributed by atoms with E-state index in [9.17, 15) is 30.0 Å². The number of ketones is 1. The molecule has 2 heterocycles. The third-order valence-corrected chi connectivity index (χ3v) is 19.1. The molecule has 11 nitrogen and oxygen atoms in total. The predicted octanol–water partition coefficient (Wildman–Crippen LogP) is 14.7. The van der Waals surface area contributed by atoms with E-state index in [0.717, 1.165) is 90.0 Å². The lowest BCUT2D eigenvalue weighted by molar-refractivity contribution is -0.213. The second-order valence-corrected chi connectivity index (χ2v) is 25.1. The van der Waals surface area contributed by atoms with Gasteiger partial charge in [-0.1, -0.05) is 268 Å². The van der Waals surface area contributed by atoms with Crippen molar-refractivity contribution in [3.8, 4) is 0 Å². The number of rotatable bonds is 17. The molecule has 5 aliphatic rings. The summed E-state index contributed by atoms with van der Waals surface area (Å²) in [6, 6.07) is 77.0. The molecule has 2 saturated carbocycles. The average Bonchev–Trinajstić information content (AvgIpc) is 1.51. The molecule has 11 heteroatoms. The van der Waals surface area contributed by atoms with Crippen molar-refractivity contribution < 1.29 is 49.0 Å². The maximum Gasteiger partial charge on any atom is 0.250 e. The van der Waals surface area contributed by atoms with Crippen LogP contribution in [-0.2, 0) is 50.9 Å². The maximum absolute atomic E-state index is 12.9. The number of allylic oxidation sites excluding steroid dienone is 1. The number of hydrogen-bond acceptors (Lipinski definition) is 10. The molecule has 4 N–H and O–H groups in total. The molecule has 476 valence electrons. The zero-order valence-electron chi connectivity index (χ0n) is 52.8. The number of aliphatic hydroxyl groups is 4. The zero-order chi connectivity index (χ0) is 64.1. The van der Waals surface area contributed by atoms with Gasteiger partial charge in [-0.05, 0) is 95.5 Å². The number of carbonyl (C=O) groups excluding carboxylic acids is 2. The Morgan fingerprint density at radius 1 is 0.424 bits per heavy atom. The summed E-state index contributed by atoms with van der Waals surface area (Å²) in [5.74, 6) is -1.68. The lowest BCUT2D eigenvalue weighted by Gasteiger charge is -2.42. The molecule has 13 rings (SSSR count). The Morgan fingerprint density at radius 2 is 0.674 bits per heavy atom. The van der Waals surface area contributed by atoms with Gasteiger partial charge in [0, 0.05) is 50.8 Å². The molecule has 2 spiro atoms. The van der Waals surface area contributed by atoms with E-state index in [2.05, 4.69) is 6.58 Å². The van der Waals surface area contributed by atoms with Crippen LogP contribution in [0.15, 0.2) is 267 Å². The first-order chi connectivity index (χ1) is 44.8. The number of ether oxygens (including phenoxy) is 4. The Hall–Kier alpha value is -7.94. The van der Waals surface area contributed by atoms with Crippen molar-refractivity contribution in [3.63, 3.8) is 0 Å². The first-order valence-electron chi connectivity index (χ1n) is 33.0. The van der Waals surface area contributed by atoms with Crippen molar-refractivity contribution in [1.82, 2.24) is 4.90 Å². The molecule has 2 aliphatic heterocycles. The van der Waals surface area contributed by atoms with E-state index < -0.39 is 58.4 Å². The van der Waals surface area contributed by atoms with Gasteiger partial charge in [-0.3, -0.25) is 9.59 Å². The number of hydrogen-bond donors (Lipinski definition) is 4. The second kappa shape index (κ2) is 29.3. The SMILES string of the molecule is C=CCN(CCC)C(=O)C1=CC(=O)CCC1.OC(c1ccccc1)(c1ccccc1)[C@@H]1OC2(CCCCC2)O[C@H]1C(O)(c1ccccc1)c1ccccc1.OC(c1ccccc1)(c1ccccc1)[C@@H]1OC2(CCCCC2)O[C@H]1C(O)(c1ccccc1)c1ccccc1. The smallest absolute Gasteiger partial charge is 0.250 e. The van der Waals surface area contributed by atoms with Crippen molar-refractivity contribution in [2.45, 2.75) is 155 Å². The summed E-state index contributed by atoms with van der Waals surface area (Å²) in [7, 11) is 0. The minimum absolute atomic E-state index is 0.00481. The molecular weight excluding hydrogens is 1150 g/mol. The molecule has 0 radical (unpaired) electrons. The van der Waals surface area contributed by atoms with Gasteiger partial charge in [0.25, 0.3) is 0 Å². The molecule has 0 bridgehead atoms. The molecule has 1 amide bonds. The van der Waals surface area contributed by atoms with Gasteiger partial charge >= 0.3 is 0 Å². The lowest BCUT2D eigenvalue weighted by atomic mass is 9.72. The van der Waals surface area contributed by atoms with Crippen LogP contribution in [0.2, 0.25) is 0 Å². The highest BCUT2D eigenvalue weighted by Crippen LogP contribution is 2.56. The van der Waals surface area contributed by atoms with Crippen molar-refractivity contribution in [2.24, 2.45) is 0 Å². The Kier molecular flexibility index (Phi) is 20.9. The van der Waals surface area contributed by atoms with Crippen LogP contribution >= 0.6 is 0 Å². The van der Waals surface area contributed by atoms with E-state index in [1.807, 2.05) is 250 Å². The Labute approximate surface area is 542 Å². The second-order valence-electron chi connectivity index (χ2n) is 25.1. The van der Waals surface area contributed by atoms with Crippen molar-refractivity contribution in [2.75, 3.05) is 13.1 Å².